The summed E-state index contributed by atoms with van der Waals surface area (Å²) in [7, 11) is 0. The standard InChI is InChI=1S/C17H27N3O/c1-11(2)15(16-12(3)6-5-9-19-16)20-17(21)14-8-4-7-13(14)10-18/h5-6,9,11,13-15H,4,7-8,10,18H2,1-3H3,(H,20,21)/t13-,14-,15?/m1/s1. The van der Waals surface area contributed by atoms with Crippen LogP contribution in [0.5, 0.6) is 0 Å². The summed E-state index contributed by atoms with van der Waals surface area (Å²) in [5.41, 5.74) is 7.89. The average molecular weight is 289 g/mol. The van der Waals surface area contributed by atoms with Crippen molar-refractivity contribution in [2.24, 2.45) is 23.5 Å². The monoisotopic (exact) mass is 289 g/mol. The van der Waals surface area contributed by atoms with Gasteiger partial charge < -0.3 is 11.1 Å². The van der Waals surface area contributed by atoms with Gasteiger partial charge in [0.1, 0.15) is 0 Å². The van der Waals surface area contributed by atoms with Crippen LogP contribution in [-0.2, 0) is 4.79 Å². The molecular formula is C17H27N3O. The minimum absolute atomic E-state index is 0.0299. The molecule has 0 radical (unpaired) electrons. The molecule has 3 atom stereocenters. The zero-order chi connectivity index (χ0) is 15.4. The molecule has 0 aliphatic heterocycles. The van der Waals surface area contributed by atoms with Gasteiger partial charge in [-0.2, -0.15) is 0 Å². The fourth-order valence-electron chi connectivity index (χ4n) is 3.30. The summed E-state index contributed by atoms with van der Waals surface area (Å²) in [6, 6.07) is 3.94. The van der Waals surface area contributed by atoms with Crippen LogP contribution < -0.4 is 11.1 Å². The van der Waals surface area contributed by atoms with E-state index in [0.29, 0.717) is 18.4 Å². The van der Waals surface area contributed by atoms with Gasteiger partial charge >= 0.3 is 0 Å². The molecule has 4 heteroatoms. The van der Waals surface area contributed by atoms with Gasteiger partial charge in [0.05, 0.1) is 11.7 Å². The number of aryl methyl sites for hydroxylation is 1. The summed E-state index contributed by atoms with van der Waals surface area (Å²) in [6.45, 7) is 6.89. The van der Waals surface area contributed by atoms with E-state index in [0.717, 1.165) is 30.5 Å². The van der Waals surface area contributed by atoms with Crippen LogP contribution in [0.25, 0.3) is 0 Å². The number of amides is 1. The van der Waals surface area contributed by atoms with Crippen molar-refractivity contribution in [2.45, 2.75) is 46.1 Å². The lowest BCUT2D eigenvalue weighted by Crippen LogP contribution is -2.39. The Labute approximate surface area is 127 Å². The van der Waals surface area contributed by atoms with Crippen LogP contribution in [0.4, 0.5) is 0 Å². The van der Waals surface area contributed by atoms with E-state index in [4.69, 9.17) is 5.73 Å². The molecule has 0 aromatic carbocycles. The predicted octanol–water partition coefficient (Wildman–Crippen LogP) is 2.58. The summed E-state index contributed by atoms with van der Waals surface area (Å²) < 4.78 is 0. The second-order valence-electron chi connectivity index (χ2n) is 6.47. The van der Waals surface area contributed by atoms with Crippen LogP contribution in [0.3, 0.4) is 0 Å². The SMILES string of the molecule is Cc1cccnc1C(NC(=O)[C@@H]1CCC[C@@H]1CN)C(C)C. The Kier molecular flexibility index (Phi) is 5.34. The highest BCUT2D eigenvalue weighted by atomic mass is 16.2. The molecule has 1 amide bonds. The van der Waals surface area contributed by atoms with Crippen molar-refractivity contribution in [3.8, 4) is 0 Å². The van der Waals surface area contributed by atoms with Crippen molar-refractivity contribution in [3.05, 3.63) is 29.6 Å². The maximum Gasteiger partial charge on any atom is 0.223 e. The Morgan fingerprint density at radius 1 is 1.48 bits per heavy atom. The largest absolute Gasteiger partial charge is 0.347 e. The van der Waals surface area contributed by atoms with Gasteiger partial charge in [-0.3, -0.25) is 9.78 Å². The number of aromatic nitrogens is 1. The maximum absolute atomic E-state index is 12.6. The summed E-state index contributed by atoms with van der Waals surface area (Å²) in [5, 5.41) is 3.22. The van der Waals surface area contributed by atoms with E-state index in [1.807, 2.05) is 19.1 Å². The maximum atomic E-state index is 12.6. The van der Waals surface area contributed by atoms with Gasteiger partial charge in [-0.25, -0.2) is 0 Å². The molecule has 1 unspecified atom stereocenters. The molecule has 21 heavy (non-hydrogen) atoms. The topological polar surface area (TPSA) is 68.0 Å². The number of hydrogen-bond donors (Lipinski definition) is 2. The third-order valence-electron chi connectivity index (χ3n) is 4.61. The smallest absolute Gasteiger partial charge is 0.223 e. The highest BCUT2D eigenvalue weighted by molar-refractivity contribution is 5.79. The Morgan fingerprint density at radius 3 is 2.86 bits per heavy atom. The van der Waals surface area contributed by atoms with Gasteiger partial charge in [0.2, 0.25) is 5.91 Å². The summed E-state index contributed by atoms with van der Waals surface area (Å²) in [6.07, 6.45) is 4.93. The molecule has 1 aromatic heterocycles. The van der Waals surface area contributed by atoms with E-state index in [1.165, 1.54) is 0 Å². The second-order valence-corrected chi connectivity index (χ2v) is 6.47. The van der Waals surface area contributed by atoms with Crippen LogP contribution in [0.1, 0.15) is 50.4 Å². The number of carbonyl (C=O) groups is 1. The molecule has 1 fully saturated rings. The van der Waals surface area contributed by atoms with Crippen molar-refractivity contribution in [1.29, 1.82) is 0 Å². The van der Waals surface area contributed by atoms with E-state index in [9.17, 15) is 4.79 Å². The second kappa shape index (κ2) is 7.03. The van der Waals surface area contributed by atoms with E-state index < -0.39 is 0 Å². The zero-order valence-electron chi connectivity index (χ0n) is 13.3. The number of nitrogens with two attached hydrogens (primary N) is 1. The number of rotatable bonds is 5. The Morgan fingerprint density at radius 2 is 2.24 bits per heavy atom. The summed E-state index contributed by atoms with van der Waals surface area (Å²) in [5.74, 6) is 0.856. The van der Waals surface area contributed by atoms with Crippen molar-refractivity contribution < 1.29 is 4.79 Å². The van der Waals surface area contributed by atoms with Crippen LogP contribution >= 0.6 is 0 Å². The van der Waals surface area contributed by atoms with Crippen molar-refractivity contribution in [1.82, 2.24) is 10.3 Å². The van der Waals surface area contributed by atoms with Crippen molar-refractivity contribution >= 4 is 5.91 Å². The Hall–Kier alpha value is -1.42. The molecule has 0 bridgehead atoms. The normalized spacial score (nSPS) is 23.3. The van der Waals surface area contributed by atoms with Gasteiger partial charge in [-0.15, -0.1) is 0 Å². The summed E-state index contributed by atoms with van der Waals surface area (Å²) >= 11 is 0. The minimum atomic E-state index is -0.0299. The first-order valence-corrected chi connectivity index (χ1v) is 7.96. The van der Waals surface area contributed by atoms with E-state index in [-0.39, 0.29) is 17.9 Å². The van der Waals surface area contributed by atoms with Gasteiger partial charge in [-0.1, -0.05) is 26.3 Å². The molecule has 3 N–H and O–H groups in total. The third-order valence-corrected chi connectivity index (χ3v) is 4.61. The van der Waals surface area contributed by atoms with Crippen LogP contribution in [0.2, 0.25) is 0 Å². The van der Waals surface area contributed by atoms with Crippen molar-refractivity contribution in [2.75, 3.05) is 6.54 Å². The molecule has 1 aliphatic rings. The molecule has 1 aliphatic carbocycles. The zero-order valence-corrected chi connectivity index (χ0v) is 13.3. The van der Waals surface area contributed by atoms with Gasteiger partial charge in [-0.05, 0) is 49.8 Å². The first-order valence-electron chi connectivity index (χ1n) is 7.96. The molecule has 1 saturated carbocycles. The van der Waals surface area contributed by atoms with E-state index in [2.05, 4.69) is 24.1 Å². The van der Waals surface area contributed by atoms with Crippen LogP contribution in [0.15, 0.2) is 18.3 Å². The van der Waals surface area contributed by atoms with E-state index >= 15 is 0 Å². The highest BCUT2D eigenvalue weighted by Gasteiger charge is 2.33. The summed E-state index contributed by atoms with van der Waals surface area (Å²) in [4.78, 5) is 17.1. The van der Waals surface area contributed by atoms with Crippen LogP contribution in [0, 0.1) is 24.7 Å². The lowest BCUT2D eigenvalue weighted by atomic mass is 9.92. The first-order chi connectivity index (χ1) is 10.0. The quantitative estimate of drug-likeness (QED) is 0.875. The average Bonchev–Trinajstić information content (AvgIpc) is 2.93. The number of pyridine rings is 1. The Balaban J connectivity index is 2.14. The highest BCUT2D eigenvalue weighted by Crippen LogP contribution is 2.32. The minimum Gasteiger partial charge on any atom is -0.347 e. The lowest BCUT2D eigenvalue weighted by Gasteiger charge is -2.26. The molecule has 2 rings (SSSR count). The number of nitrogens with one attached hydrogen (secondary N) is 1. The van der Waals surface area contributed by atoms with Gasteiger partial charge in [0.15, 0.2) is 0 Å². The van der Waals surface area contributed by atoms with Gasteiger partial charge in [0.25, 0.3) is 0 Å². The molecule has 0 spiro atoms. The van der Waals surface area contributed by atoms with Crippen molar-refractivity contribution in [3.63, 3.8) is 0 Å². The molecule has 116 valence electrons. The number of hydrogen-bond acceptors (Lipinski definition) is 3. The fourth-order valence-corrected chi connectivity index (χ4v) is 3.30. The molecule has 4 nitrogen and oxygen atoms in total. The van der Waals surface area contributed by atoms with Crippen LogP contribution in [-0.4, -0.2) is 17.4 Å². The predicted molar refractivity (Wildman–Crippen MR) is 84.6 cm³/mol. The first kappa shape index (κ1) is 16.0. The Bertz CT molecular complexity index is 487. The molecule has 1 aromatic rings. The fraction of sp³-hybridized carbons (Fsp3) is 0.647. The molecule has 1 heterocycles. The molecule has 0 saturated heterocycles. The number of nitrogens with zero attached hydrogens (tertiary/aromatic N) is 1. The number of carbonyl (C=O) groups excluding carboxylic acids is 1. The van der Waals surface area contributed by atoms with Gasteiger partial charge in [0, 0.05) is 12.1 Å². The third kappa shape index (κ3) is 3.62. The lowest BCUT2D eigenvalue weighted by molar-refractivity contribution is -0.127. The molecular weight excluding hydrogens is 262 g/mol. The van der Waals surface area contributed by atoms with E-state index in [1.54, 1.807) is 6.20 Å².